The molecule has 0 aliphatic rings. The zero-order valence-corrected chi connectivity index (χ0v) is 15.1. The van der Waals surface area contributed by atoms with E-state index in [1.165, 1.54) is 13.2 Å². The van der Waals surface area contributed by atoms with Crippen LogP contribution in [-0.4, -0.2) is 22.0 Å². The summed E-state index contributed by atoms with van der Waals surface area (Å²) in [5.41, 5.74) is 4.33. The van der Waals surface area contributed by atoms with Crippen LogP contribution < -0.4 is 4.74 Å². The van der Waals surface area contributed by atoms with E-state index in [-0.39, 0.29) is 5.69 Å². The highest BCUT2D eigenvalue weighted by atomic mass is 16.6. The van der Waals surface area contributed by atoms with Gasteiger partial charge < -0.3 is 14.1 Å². The number of nitro groups is 1. The molecule has 136 valence electrons. The molecule has 0 aliphatic carbocycles. The molecule has 0 aliphatic heterocycles. The first-order valence-corrected chi connectivity index (χ1v) is 8.36. The van der Waals surface area contributed by atoms with E-state index < -0.39 is 4.92 Å². The van der Waals surface area contributed by atoms with Crippen molar-refractivity contribution in [2.75, 3.05) is 7.11 Å². The Labute approximate surface area is 154 Å². The number of fused-ring (bicyclic) bond motifs is 1. The molecule has 0 atom stereocenters. The van der Waals surface area contributed by atoms with E-state index >= 15 is 0 Å². The Morgan fingerprint density at radius 2 is 1.89 bits per heavy atom. The smallest absolute Gasteiger partial charge is 0.284 e. The van der Waals surface area contributed by atoms with Gasteiger partial charge in [-0.25, -0.2) is 4.98 Å². The third-order valence-electron chi connectivity index (χ3n) is 4.43. The quantitative estimate of drug-likeness (QED) is 0.406. The number of aromatic amines is 1. The van der Waals surface area contributed by atoms with E-state index in [9.17, 15) is 10.1 Å². The number of nitrogens with zero attached hydrogens (tertiary/aromatic N) is 2. The van der Waals surface area contributed by atoms with Crippen LogP contribution in [-0.2, 0) is 0 Å². The maximum atomic E-state index is 11.4. The molecule has 0 amide bonds. The topological polar surface area (TPSA) is 94.2 Å². The average Bonchev–Trinajstić information content (AvgIpc) is 3.28. The monoisotopic (exact) mass is 363 g/mol. The number of benzene rings is 2. The van der Waals surface area contributed by atoms with Crippen molar-refractivity contribution in [1.29, 1.82) is 0 Å². The largest absolute Gasteiger partial charge is 0.497 e. The molecule has 4 aromatic rings. The third-order valence-corrected chi connectivity index (χ3v) is 4.43. The standard InChI is InChI=1S/C20H17N3O4/c1-11-8-12(2)19-15(9-11)21-20(22-19)18-7-6-17(27-18)14-5-4-13(26-3)10-16(14)23(24)25/h4-10H,1-3H3,(H,21,22). The van der Waals surface area contributed by atoms with Gasteiger partial charge >= 0.3 is 0 Å². The van der Waals surface area contributed by atoms with Crippen LogP contribution in [0.4, 0.5) is 5.69 Å². The van der Waals surface area contributed by atoms with Crippen LogP contribution in [0.3, 0.4) is 0 Å². The van der Waals surface area contributed by atoms with E-state index in [1.54, 1.807) is 24.3 Å². The Kier molecular flexibility index (Phi) is 3.92. The van der Waals surface area contributed by atoms with Gasteiger partial charge in [-0.15, -0.1) is 0 Å². The zero-order chi connectivity index (χ0) is 19.1. The van der Waals surface area contributed by atoms with Crippen LogP contribution in [0.25, 0.3) is 33.9 Å². The summed E-state index contributed by atoms with van der Waals surface area (Å²) in [6, 6.07) is 12.2. The van der Waals surface area contributed by atoms with Gasteiger partial charge in [0.05, 0.1) is 34.7 Å². The second kappa shape index (κ2) is 6.28. The summed E-state index contributed by atoms with van der Waals surface area (Å²) in [6.07, 6.45) is 0. The fourth-order valence-electron chi connectivity index (χ4n) is 3.20. The number of methoxy groups -OCH3 is 1. The van der Waals surface area contributed by atoms with Crippen LogP contribution in [0.15, 0.2) is 46.9 Å². The number of hydrogen-bond donors (Lipinski definition) is 1. The molecule has 2 aromatic carbocycles. The highest BCUT2D eigenvalue weighted by Gasteiger charge is 2.20. The average molecular weight is 363 g/mol. The van der Waals surface area contributed by atoms with Crippen LogP contribution >= 0.6 is 0 Å². The Bertz CT molecular complexity index is 1170. The molecular weight excluding hydrogens is 346 g/mol. The van der Waals surface area contributed by atoms with Gasteiger partial charge in [0.15, 0.2) is 11.6 Å². The van der Waals surface area contributed by atoms with Crippen molar-refractivity contribution in [1.82, 2.24) is 9.97 Å². The van der Waals surface area contributed by atoms with Gasteiger partial charge in [-0.1, -0.05) is 6.07 Å². The number of nitrogens with one attached hydrogen (secondary N) is 1. The minimum absolute atomic E-state index is 0.0775. The lowest BCUT2D eigenvalue weighted by atomic mass is 10.1. The van der Waals surface area contributed by atoms with Gasteiger partial charge in [-0.2, -0.15) is 0 Å². The van der Waals surface area contributed by atoms with Gasteiger partial charge in [0.25, 0.3) is 5.69 Å². The first-order chi connectivity index (χ1) is 13.0. The number of furan rings is 1. The number of hydrogen-bond acceptors (Lipinski definition) is 5. The normalized spacial score (nSPS) is 11.1. The van der Waals surface area contributed by atoms with Crippen molar-refractivity contribution < 1.29 is 14.1 Å². The molecule has 2 heterocycles. The molecular formula is C20H17N3O4. The minimum Gasteiger partial charge on any atom is -0.497 e. The Morgan fingerprint density at radius 1 is 1.11 bits per heavy atom. The molecule has 0 saturated heterocycles. The Morgan fingerprint density at radius 3 is 2.63 bits per heavy atom. The molecule has 0 saturated carbocycles. The fraction of sp³-hybridized carbons (Fsp3) is 0.150. The Balaban J connectivity index is 1.79. The van der Waals surface area contributed by atoms with E-state index in [0.717, 1.165) is 22.2 Å². The van der Waals surface area contributed by atoms with E-state index in [1.807, 2.05) is 19.9 Å². The number of nitro benzene ring substituents is 1. The first kappa shape index (κ1) is 16.8. The first-order valence-electron chi connectivity index (χ1n) is 8.36. The maximum absolute atomic E-state index is 11.4. The van der Waals surface area contributed by atoms with Crippen LogP contribution in [0.2, 0.25) is 0 Å². The number of rotatable bonds is 4. The summed E-state index contributed by atoms with van der Waals surface area (Å²) >= 11 is 0. The lowest BCUT2D eigenvalue weighted by molar-refractivity contribution is -0.384. The number of ether oxygens (including phenoxy) is 1. The second-order valence-corrected chi connectivity index (χ2v) is 6.37. The third kappa shape index (κ3) is 2.93. The molecule has 2 aromatic heterocycles. The van der Waals surface area contributed by atoms with Gasteiger partial charge in [0, 0.05) is 0 Å². The molecule has 27 heavy (non-hydrogen) atoms. The van der Waals surface area contributed by atoms with Crippen molar-refractivity contribution >= 4 is 16.7 Å². The lowest BCUT2D eigenvalue weighted by Crippen LogP contribution is -1.93. The highest BCUT2D eigenvalue weighted by molar-refractivity contribution is 5.82. The minimum atomic E-state index is -0.451. The fourth-order valence-corrected chi connectivity index (χ4v) is 3.20. The number of aromatic nitrogens is 2. The number of imidazole rings is 1. The van der Waals surface area contributed by atoms with Crippen molar-refractivity contribution in [2.45, 2.75) is 13.8 Å². The van der Waals surface area contributed by atoms with Crippen LogP contribution in [0, 0.1) is 24.0 Å². The number of aryl methyl sites for hydroxylation is 2. The molecule has 7 heteroatoms. The van der Waals surface area contributed by atoms with Gasteiger partial charge in [-0.05, 0) is 55.3 Å². The summed E-state index contributed by atoms with van der Waals surface area (Å²) < 4.78 is 11.0. The molecule has 1 N–H and O–H groups in total. The Hall–Kier alpha value is -3.61. The molecule has 0 spiro atoms. The molecule has 4 rings (SSSR count). The van der Waals surface area contributed by atoms with Crippen molar-refractivity contribution in [2.24, 2.45) is 0 Å². The van der Waals surface area contributed by atoms with Crippen LogP contribution in [0.5, 0.6) is 5.75 Å². The molecule has 0 unspecified atom stereocenters. The summed E-state index contributed by atoms with van der Waals surface area (Å²) in [5, 5.41) is 11.4. The van der Waals surface area contributed by atoms with Gasteiger partial charge in [0.1, 0.15) is 11.5 Å². The van der Waals surface area contributed by atoms with E-state index in [4.69, 9.17) is 9.15 Å². The second-order valence-electron chi connectivity index (χ2n) is 6.37. The maximum Gasteiger partial charge on any atom is 0.284 e. The van der Waals surface area contributed by atoms with E-state index in [0.29, 0.717) is 28.7 Å². The predicted octanol–water partition coefficient (Wildman–Crippen LogP) is 5.02. The van der Waals surface area contributed by atoms with Gasteiger partial charge in [0.2, 0.25) is 0 Å². The summed E-state index contributed by atoms with van der Waals surface area (Å²) in [6.45, 7) is 4.04. The molecule has 7 nitrogen and oxygen atoms in total. The van der Waals surface area contributed by atoms with Gasteiger partial charge in [-0.3, -0.25) is 10.1 Å². The van der Waals surface area contributed by atoms with Crippen molar-refractivity contribution in [3.8, 4) is 28.7 Å². The van der Waals surface area contributed by atoms with Crippen LogP contribution in [0.1, 0.15) is 11.1 Å². The summed E-state index contributed by atoms with van der Waals surface area (Å²) in [7, 11) is 1.47. The lowest BCUT2D eigenvalue weighted by Gasteiger charge is -2.03. The molecule has 0 fully saturated rings. The summed E-state index contributed by atoms with van der Waals surface area (Å²) in [5.74, 6) is 1.91. The SMILES string of the molecule is COc1ccc(-c2ccc(-c3nc4c(C)cc(C)cc4[nH]3)o2)c([N+](=O)[O-])c1. The van der Waals surface area contributed by atoms with Crippen molar-refractivity contribution in [3.05, 3.63) is 63.7 Å². The molecule has 0 radical (unpaired) electrons. The number of H-pyrrole nitrogens is 1. The predicted molar refractivity (Wildman–Crippen MR) is 102 cm³/mol. The summed E-state index contributed by atoms with van der Waals surface area (Å²) in [4.78, 5) is 18.8. The highest BCUT2D eigenvalue weighted by Crippen LogP contribution is 2.36. The van der Waals surface area contributed by atoms with E-state index in [2.05, 4.69) is 16.0 Å². The van der Waals surface area contributed by atoms with Crippen molar-refractivity contribution in [3.63, 3.8) is 0 Å². The molecule has 0 bridgehead atoms. The zero-order valence-electron chi connectivity index (χ0n) is 15.1.